The summed E-state index contributed by atoms with van der Waals surface area (Å²) in [4.78, 5) is 8.82. The zero-order valence-corrected chi connectivity index (χ0v) is 18.5. The Kier molecular flexibility index (Phi) is 6.18. The van der Waals surface area contributed by atoms with Gasteiger partial charge in [-0.1, -0.05) is 17.7 Å². The highest BCUT2D eigenvalue weighted by Crippen LogP contribution is 2.37. The van der Waals surface area contributed by atoms with E-state index in [9.17, 15) is 13.5 Å². The average molecular weight is 466 g/mol. The van der Waals surface area contributed by atoms with Gasteiger partial charge in [-0.2, -0.15) is 8.42 Å². The maximum atomic E-state index is 11.1. The molecule has 0 saturated heterocycles. The first-order valence-corrected chi connectivity index (χ1v) is 11.7. The number of aliphatic hydroxyl groups excluding tert-OH is 1. The fraction of sp³-hybridized carbons (Fsp3) is 0.400. The summed E-state index contributed by atoms with van der Waals surface area (Å²) in [5, 5.41) is 20.2. The minimum atomic E-state index is -4.04. The van der Waals surface area contributed by atoms with Crippen LogP contribution in [0, 0.1) is 12.8 Å². The summed E-state index contributed by atoms with van der Waals surface area (Å²) in [6.07, 6.45) is 3.76. The minimum absolute atomic E-state index is 0.0390. The fourth-order valence-corrected chi connectivity index (χ4v) is 4.70. The highest BCUT2D eigenvalue weighted by Gasteiger charge is 2.35. The molecule has 1 aliphatic carbocycles. The summed E-state index contributed by atoms with van der Waals surface area (Å²) >= 11 is 6.03. The van der Waals surface area contributed by atoms with Gasteiger partial charge in [0.1, 0.15) is 17.8 Å². The number of aliphatic hydroxyl groups is 1. The molecule has 1 aliphatic rings. The van der Waals surface area contributed by atoms with Crippen LogP contribution in [0.5, 0.6) is 0 Å². The van der Waals surface area contributed by atoms with Gasteiger partial charge in [-0.25, -0.2) is 15.1 Å². The van der Waals surface area contributed by atoms with Gasteiger partial charge in [0.2, 0.25) is 0 Å². The highest BCUT2D eigenvalue weighted by molar-refractivity contribution is 7.84. The number of fused-ring (bicyclic) bond motifs is 1. The molecule has 11 heteroatoms. The molecule has 9 nitrogen and oxygen atoms in total. The quantitative estimate of drug-likeness (QED) is 0.488. The summed E-state index contributed by atoms with van der Waals surface area (Å²) in [6, 6.07) is 7.67. The van der Waals surface area contributed by atoms with Crippen LogP contribution in [-0.4, -0.2) is 40.8 Å². The molecule has 0 aliphatic heterocycles. The standard InChI is InChI=1S/C20H24ClN5O4S/c1-12-6-15(21)3-2-13(12)9-23-19-17-4-5-26(20(17)25-11-24-19)16-7-14(18(27)8-16)10-30-31(22,28)29/h2-6,11,14,16,18,27H,7-10H2,1H3,(H2,22,28,29)(H,23,24,25)/t14-,16+,18-/m0/s1. The number of anilines is 1. The van der Waals surface area contributed by atoms with E-state index >= 15 is 0 Å². The van der Waals surface area contributed by atoms with Crippen LogP contribution >= 0.6 is 11.6 Å². The number of nitrogens with two attached hydrogens (primary N) is 1. The first-order valence-electron chi connectivity index (χ1n) is 9.87. The van der Waals surface area contributed by atoms with Gasteiger partial charge in [0.25, 0.3) is 0 Å². The van der Waals surface area contributed by atoms with Crippen molar-refractivity contribution in [3.8, 4) is 0 Å². The third-order valence-electron chi connectivity index (χ3n) is 5.73. The lowest BCUT2D eigenvalue weighted by molar-refractivity contribution is 0.100. The van der Waals surface area contributed by atoms with E-state index in [0.29, 0.717) is 30.2 Å². The molecular weight excluding hydrogens is 442 g/mol. The Hall–Kier alpha value is -2.24. The first-order chi connectivity index (χ1) is 14.7. The Labute approximate surface area is 185 Å². The Balaban J connectivity index is 1.51. The lowest BCUT2D eigenvalue weighted by atomic mass is 10.1. The number of hydrogen-bond donors (Lipinski definition) is 3. The molecule has 1 aromatic carbocycles. The third-order valence-corrected chi connectivity index (χ3v) is 6.43. The van der Waals surface area contributed by atoms with E-state index < -0.39 is 16.4 Å². The minimum Gasteiger partial charge on any atom is -0.393 e. The van der Waals surface area contributed by atoms with Crippen molar-refractivity contribution < 1.29 is 17.7 Å². The molecule has 0 unspecified atom stereocenters. The monoisotopic (exact) mass is 465 g/mol. The molecule has 3 aromatic rings. The molecule has 166 valence electrons. The molecule has 4 rings (SSSR count). The van der Waals surface area contributed by atoms with Crippen LogP contribution in [0.15, 0.2) is 36.8 Å². The van der Waals surface area contributed by atoms with E-state index in [0.717, 1.165) is 22.2 Å². The summed E-state index contributed by atoms with van der Waals surface area (Å²) < 4.78 is 28.8. The van der Waals surface area contributed by atoms with Crippen molar-refractivity contribution in [2.24, 2.45) is 11.1 Å². The zero-order valence-electron chi connectivity index (χ0n) is 16.9. The van der Waals surface area contributed by atoms with Gasteiger partial charge in [0.05, 0.1) is 18.1 Å². The normalized spacial score (nSPS) is 21.6. The predicted molar refractivity (Wildman–Crippen MR) is 118 cm³/mol. The van der Waals surface area contributed by atoms with Crippen molar-refractivity contribution in [2.75, 3.05) is 11.9 Å². The number of nitrogens with zero attached hydrogens (tertiary/aromatic N) is 3. The zero-order chi connectivity index (χ0) is 22.2. The number of rotatable bonds is 7. The van der Waals surface area contributed by atoms with E-state index in [2.05, 4.69) is 19.5 Å². The lowest BCUT2D eigenvalue weighted by Gasteiger charge is -2.14. The van der Waals surface area contributed by atoms with E-state index in [1.807, 2.05) is 42.0 Å². The van der Waals surface area contributed by atoms with E-state index in [4.69, 9.17) is 16.7 Å². The van der Waals surface area contributed by atoms with Crippen molar-refractivity contribution in [1.29, 1.82) is 0 Å². The molecule has 0 bridgehead atoms. The van der Waals surface area contributed by atoms with Crippen molar-refractivity contribution in [2.45, 2.75) is 38.5 Å². The van der Waals surface area contributed by atoms with Crippen molar-refractivity contribution in [3.05, 3.63) is 52.9 Å². The number of hydrogen-bond acceptors (Lipinski definition) is 7. The topological polar surface area (TPSA) is 132 Å². The predicted octanol–water partition coefficient (Wildman–Crippen LogP) is 2.54. The molecule has 0 amide bonds. The molecule has 2 aromatic heterocycles. The maximum absolute atomic E-state index is 11.1. The fourth-order valence-electron chi connectivity index (χ4n) is 4.11. The first kappa shape index (κ1) is 22.0. The summed E-state index contributed by atoms with van der Waals surface area (Å²) in [5.41, 5.74) is 2.96. The van der Waals surface area contributed by atoms with Crippen LogP contribution in [0.1, 0.15) is 30.0 Å². The Morgan fingerprint density at radius 3 is 2.87 bits per heavy atom. The van der Waals surface area contributed by atoms with E-state index in [-0.39, 0.29) is 18.6 Å². The molecule has 0 spiro atoms. The number of benzene rings is 1. The summed E-state index contributed by atoms with van der Waals surface area (Å²) in [5.74, 6) is 0.388. The van der Waals surface area contributed by atoms with E-state index in [1.54, 1.807) is 0 Å². The lowest BCUT2D eigenvalue weighted by Crippen LogP contribution is -2.24. The summed E-state index contributed by atoms with van der Waals surface area (Å²) in [7, 11) is -4.04. The van der Waals surface area contributed by atoms with Crippen molar-refractivity contribution >= 4 is 38.8 Å². The Morgan fingerprint density at radius 1 is 1.32 bits per heavy atom. The van der Waals surface area contributed by atoms with Crippen LogP contribution in [-0.2, 0) is 21.0 Å². The Bertz CT molecular complexity index is 1200. The van der Waals surface area contributed by atoms with Gasteiger partial charge < -0.3 is 15.0 Å². The summed E-state index contributed by atoms with van der Waals surface area (Å²) in [6.45, 7) is 2.46. The molecule has 2 heterocycles. The second-order valence-corrected chi connectivity index (χ2v) is 9.49. The second kappa shape index (κ2) is 8.71. The molecule has 4 N–H and O–H groups in total. The van der Waals surface area contributed by atoms with Gasteiger partial charge in [0.15, 0.2) is 0 Å². The van der Waals surface area contributed by atoms with Crippen LogP contribution in [0.25, 0.3) is 11.0 Å². The molecular formula is C20H24ClN5O4S. The largest absolute Gasteiger partial charge is 0.393 e. The van der Waals surface area contributed by atoms with Gasteiger partial charge >= 0.3 is 10.3 Å². The van der Waals surface area contributed by atoms with Crippen LogP contribution in [0.4, 0.5) is 5.82 Å². The highest BCUT2D eigenvalue weighted by atomic mass is 35.5. The third kappa shape index (κ3) is 4.99. The number of aromatic nitrogens is 3. The SMILES string of the molecule is Cc1cc(Cl)ccc1CNc1ncnc2c1ccn2[C@@H]1C[C@@H](COS(N)(=O)=O)[C@@H](O)C1. The average Bonchev–Trinajstić information content (AvgIpc) is 3.28. The van der Waals surface area contributed by atoms with Gasteiger partial charge in [-0.05, 0) is 49.1 Å². The second-order valence-electron chi connectivity index (χ2n) is 7.84. The van der Waals surface area contributed by atoms with Crippen LogP contribution < -0.4 is 10.5 Å². The molecule has 1 saturated carbocycles. The number of nitrogens with one attached hydrogen (secondary N) is 1. The number of halogens is 1. The molecule has 0 radical (unpaired) electrons. The van der Waals surface area contributed by atoms with Crippen molar-refractivity contribution in [3.63, 3.8) is 0 Å². The van der Waals surface area contributed by atoms with Gasteiger partial charge in [-0.15, -0.1) is 0 Å². The van der Waals surface area contributed by atoms with Crippen LogP contribution in [0.3, 0.4) is 0 Å². The van der Waals surface area contributed by atoms with Crippen LogP contribution in [0.2, 0.25) is 5.02 Å². The molecule has 31 heavy (non-hydrogen) atoms. The van der Waals surface area contributed by atoms with Gasteiger partial charge in [-0.3, -0.25) is 4.18 Å². The number of aryl methyl sites for hydroxylation is 1. The van der Waals surface area contributed by atoms with Gasteiger partial charge in [0, 0.05) is 29.7 Å². The Morgan fingerprint density at radius 2 is 2.13 bits per heavy atom. The smallest absolute Gasteiger partial charge is 0.333 e. The molecule has 3 atom stereocenters. The molecule has 1 fully saturated rings. The van der Waals surface area contributed by atoms with E-state index in [1.165, 1.54) is 6.33 Å². The van der Waals surface area contributed by atoms with Crippen molar-refractivity contribution in [1.82, 2.24) is 14.5 Å². The maximum Gasteiger partial charge on any atom is 0.333 e.